The van der Waals surface area contributed by atoms with E-state index in [2.05, 4.69) is 9.72 Å². The average molecular weight is 353 g/mol. The van der Waals surface area contributed by atoms with E-state index in [1.807, 2.05) is 0 Å². The van der Waals surface area contributed by atoms with Gasteiger partial charge in [-0.05, 0) is 23.7 Å². The predicted octanol–water partition coefficient (Wildman–Crippen LogP) is 0.515. The summed E-state index contributed by atoms with van der Waals surface area (Å²) in [5, 5.41) is 0.0271. The van der Waals surface area contributed by atoms with E-state index in [0.717, 1.165) is 4.57 Å². The van der Waals surface area contributed by atoms with Crippen molar-refractivity contribution in [1.29, 1.82) is 0 Å². The Morgan fingerprint density at radius 2 is 2.00 bits per heavy atom. The third kappa shape index (κ3) is 2.33. The number of aromatic nitrogens is 4. The predicted molar refractivity (Wildman–Crippen MR) is 84.4 cm³/mol. The van der Waals surface area contributed by atoms with Gasteiger partial charge in [-0.25, -0.2) is 9.59 Å². The van der Waals surface area contributed by atoms with Crippen LogP contribution in [0.25, 0.3) is 11.2 Å². The molecule has 0 radical (unpaired) electrons. The van der Waals surface area contributed by atoms with Gasteiger partial charge in [0.25, 0.3) is 5.56 Å². The first-order valence-electron chi connectivity index (χ1n) is 6.84. The highest BCUT2D eigenvalue weighted by Crippen LogP contribution is 2.19. The largest absolute Gasteiger partial charge is 0.463 e. The lowest BCUT2D eigenvalue weighted by Gasteiger charge is -2.05. The SMILES string of the molecule is COC(=O)c1ccc(Cn2c(Cl)nc3c2c(=O)n(C)c(=O)n3C)o1. The molecule has 0 unspecified atom stereocenters. The van der Waals surface area contributed by atoms with Crippen LogP contribution in [0.15, 0.2) is 26.1 Å². The van der Waals surface area contributed by atoms with Crippen molar-refractivity contribution in [2.45, 2.75) is 6.54 Å². The number of imidazole rings is 1. The molecule has 126 valence electrons. The molecule has 0 amide bonds. The van der Waals surface area contributed by atoms with Crippen LogP contribution in [0.3, 0.4) is 0 Å². The number of rotatable bonds is 3. The van der Waals surface area contributed by atoms with Crippen LogP contribution in [0, 0.1) is 0 Å². The third-order valence-electron chi connectivity index (χ3n) is 3.66. The smallest absolute Gasteiger partial charge is 0.373 e. The molecule has 0 atom stereocenters. The number of hydrogen-bond acceptors (Lipinski definition) is 6. The van der Waals surface area contributed by atoms with Gasteiger partial charge in [-0.3, -0.25) is 13.9 Å². The van der Waals surface area contributed by atoms with Crippen molar-refractivity contribution in [1.82, 2.24) is 18.7 Å². The van der Waals surface area contributed by atoms with Crippen LogP contribution in [0.5, 0.6) is 0 Å². The first-order chi connectivity index (χ1) is 11.3. The van der Waals surface area contributed by atoms with E-state index in [9.17, 15) is 14.4 Å². The highest BCUT2D eigenvalue weighted by Gasteiger charge is 2.19. The summed E-state index contributed by atoms with van der Waals surface area (Å²) >= 11 is 6.12. The van der Waals surface area contributed by atoms with E-state index in [4.69, 9.17) is 16.0 Å². The molecule has 0 saturated carbocycles. The average Bonchev–Trinajstić information content (AvgIpc) is 3.16. The molecule has 9 nitrogen and oxygen atoms in total. The molecule has 10 heteroatoms. The number of carbonyl (C=O) groups is 1. The number of carbonyl (C=O) groups excluding carboxylic acids is 1. The molecule has 0 N–H and O–H groups in total. The number of halogens is 1. The fourth-order valence-corrected chi connectivity index (χ4v) is 2.62. The van der Waals surface area contributed by atoms with E-state index in [1.54, 1.807) is 6.07 Å². The zero-order chi connectivity index (χ0) is 17.6. The first-order valence-corrected chi connectivity index (χ1v) is 7.21. The lowest BCUT2D eigenvalue weighted by molar-refractivity contribution is 0.0563. The molecule has 0 bridgehead atoms. The molecule has 3 aromatic heterocycles. The van der Waals surface area contributed by atoms with Crippen LogP contribution in [0.2, 0.25) is 5.28 Å². The Bertz CT molecular complexity index is 1070. The van der Waals surface area contributed by atoms with Crippen molar-refractivity contribution in [3.8, 4) is 0 Å². The molecule has 0 aliphatic carbocycles. The van der Waals surface area contributed by atoms with Crippen LogP contribution in [-0.4, -0.2) is 31.8 Å². The van der Waals surface area contributed by atoms with Crippen molar-refractivity contribution in [2.75, 3.05) is 7.11 Å². The number of ether oxygens (including phenoxy) is 1. The summed E-state index contributed by atoms with van der Waals surface area (Å²) in [5.74, 6) is -0.193. The van der Waals surface area contributed by atoms with E-state index < -0.39 is 17.2 Å². The van der Waals surface area contributed by atoms with E-state index >= 15 is 0 Å². The minimum absolute atomic E-state index is 0.0271. The Morgan fingerprint density at radius 1 is 1.29 bits per heavy atom. The Labute approximate surface area is 139 Å². The number of hydrogen-bond donors (Lipinski definition) is 0. The second kappa shape index (κ2) is 5.68. The zero-order valence-corrected chi connectivity index (χ0v) is 13.8. The van der Waals surface area contributed by atoms with Crippen LogP contribution in [0.1, 0.15) is 16.3 Å². The fraction of sp³-hybridized carbons (Fsp3) is 0.286. The van der Waals surface area contributed by atoms with Crippen LogP contribution < -0.4 is 11.2 Å². The van der Waals surface area contributed by atoms with Gasteiger partial charge in [0.05, 0.1) is 13.7 Å². The Morgan fingerprint density at radius 3 is 2.67 bits per heavy atom. The standard InChI is InChI=1S/C14H13ClN4O5/c1-17-10-9(11(20)18(2)14(17)22)19(13(15)16-10)6-7-4-5-8(24-7)12(21)23-3/h4-5H,6H2,1-3H3. The van der Waals surface area contributed by atoms with Crippen LogP contribution in [0.4, 0.5) is 0 Å². The van der Waals surface area contributed by atoms with Crippen LogP contribution in [-0.2, 0) is 25.4 Å². The molecule has 3 rings (SSSR count). The van der Waals surface area contributed by atoms with Gasteiger partial charge in [-0.15, -0.1) is 0 Å². The van der Waals surface area contributed by atoms with Gasteiger partial charge >= 0.3 is 11.7 Å². The van der Waals surface area contributed by atoms with Crippen molar-refractivity contribution in [2.24, 2.45) is 14.1 Å². The van der Waals surface area contributed by atoms with Gasteiger partial charge in [0, 0.05) is 14.1 Å². The molecule has 3 heterocycles. The van der Waals surface area contributed by atoms with Gasteiger partial charge in [-0.2, -0.15) is 4.98 Å². The summed E-state index contributed by atoms with van der Waals surface area (Å²) in [4.78, 5) is 39.9. The second-order valence-electron chi connectivity index (χ2n) is 5.10. The second-order valence-corrected chi connectivity index (χ2v) is 5.44. The van der Waals surface area contributed by atoms with Crippen LogP contribution >= 0.6 is 11.6 Å². The number of furan rings is 1. The molecule has 0 fully saturated rings. The number of methoxy groups -OCH3 is 1. The number of nitrogens with zero attached hydrogens (tertiary/aromatic N) is 4. The first kappa shape index (κ1) is 16.1. The quantitative estimate of drug-likeness (QED) is 0.503. The fourth-order valence-electron chi connectivity index (χ4n) is 2.39. The van der Waals surface area contributed by atoms with E-state index in [-0.39, 0.29) is 28.8 Å². The molecule has 0 aliphatic rings. The normalized spacial score (nSPS) is 11.2. The molecule has 0 aromatic carbocycles. The lowest BCUT2D eigenvalue weighted by atomic mass is 10.4. The number of fused-ring (bicyclic) bond motifs is 1. The number of aryl methyl sites for hydroxylation is 1. The van der Waals surface area contributed by atoms with Gasteiger partial charge in [0.15, 0.2) is 11.2 Å². The maximum atomic E-state index is 12.4. The summed E-state index contributed by atoms with van der Waals surface area (Å²) in [6.07, 6.45) is 0. The molecule has 24 heavy (non-hydrogen) atoms. The summed E-state index contributed by atoms with van der Waals surface area (Å²) < 4.78 is 13.6. The van der Waals surface area contributed by atoms with E-state index in [1.165, 1.54) is 36.4 Å². The highest BCUT2D eigenvalue weighted by atomic mass is 35.5. The maximum absolute atomic E-state index is 12.4. The Balaban J connectivity index is 2.15. The molecular weight excluding hydrogens is 340 g/mol. The lowest BCUT2D eigenvalue weighted by Crippen LogP contribution is -2.37. The Hall–Kier alpha value is -2.81. The molecule has 0 saturated heterocycles. The summed E-state index contributed by atoms with van der Waals surface area (Å²) in [6.45, 7) is 0.0692. The van der Waals surface area contributed by atoms with E-state index in [0.29, 0.717) is 5.76 Å². The minimum atomic E-state index is -0.610. The van der Waals surface area contributed by atoms with Crippen molar-refractivity contribution in [3.05, 3.63) is 49.8 Å². The number of esters is 1. The molecule has 0 aliphatic heterocycles. The summed E-state index contributed by atoms with van der Waals surface area (Å²) in [7, 11) is 4.12. The third-order valence-corrected chi connectivity index (χ3v) is 3.95. The van der Waals surface area contributed by atoms with Gasteiger partial charge in [-0.1, -0.05) is 0 Å². The highest BCUT2D eigenvalue weighted by molar-refractivity contribution is 6.29. The maximum Gasteiger partial charge on any atom is 0.373 e. The van der Waals surface area contributed by atoms with Crippen molar-refractivity contribution in [3.63, 3.8) is 0 Å². The van der Waals surface area contributed by atoms with Gasteiger partial charge in [0.2, 0.25) is 11.0 Å². The zero-order valence-electron chi connectivity index (χ0n) is 13.1. The topological polar surface area (TPSA) is 101 Å². The van der Waals surface area contributed by atoms with Crippen molar-refractivity contribution >= 4 is 28.7 Å². The molecular formula is C14H13ClN4O5. The minimum Gasteiger partial charge on any atom is -0.463 e. The molecule has 0 spiro atoms. The Kier molecular flexibility index (Phi) is 3.80. The summed E-state index contributed by atoms with van der Waals surface area (Å²) in [5.41, 5.74) is -0.680. The van der Waals surface area contributed by atoms with Gasteiger partial charge in [0.1, 0.15) is 5.76 Å². The monoisotopic (exact) mass is 352 g/mol. The summed E-state index contributed by atoms with van der Waals surface area (Å²) in [6, 6.07) is 3.03. The molecule has 3 aromatic rings. The van der Waals surface area contributed by atoms with Crippen molar-refractivity contribution < 1.29 is 13.9 Å². The van der Waals surface area contributed by atoms with Gasteiger partial charge < -0.3 is 13.7 Å².